The van der Waals surface area contributed by atoms with Crippen molar-refractivity contribution in [2.75, 3.05) is 0 Å². The number of nitrogens with zero attached hydrogens (tertiary/aromatic N) is 3. The number of nitro benzene ring substituents is 1. The maximum absolute atomic E-state index is 10.3. The third-order valence-corrected chi connectivity index (χ3v) is 1.91. The average molecular weight is 229 g/mol. The van der Waals surface area contributed by atoms with Crippen molar-refractivity contribution in [2.24, 2.45) is 0 Å². The van der Waals surface area contributed by atoms with E-state index in [2.05, 4.69) is 20.9 Å². The molecule has 0 amide bonds. The Hall–Kier alpha value is -1.48. The first-order valence-corrected chi connectivity index (χ1v) is 3.73. The Labute approximate surface area is 75.9 Å². The number of benzene rings is 1. The summed E-state index contributed by atoms with van der Waals surface area (Å²) < 4.78 is 0.361. The molecular formula is C6H3BrN3O2+. The van der Waals surface area contributed by atoms with Gasteiger partial charge in [0, 0.05) is 6.07 Å². The Bertz CT molecular complexity index is 372. The molecule has 0 N–H and O–H groups in total. The summed E-state index contributed by atoms with van der Waals surface area (Å²) in [4.78, 5) is 12.6. The molecule has 0 fully saturated rings. The maximum atomic E-state index is 10.3. The van der Waals surface area contributed by atoms with E-state index in [0.717, 1.165) is 0 Å². The van der Waals surface area contributed by atoms with Gasteiger partial charge in [-0.3, -0.25) is 10.1 Å². The molecule has 0 saturated carbocycles. The van der Waals surface area contributed by atoms with Crippen molar-refractivity contribution in [1.82, 2.24) is 0 Å². The molecule has 6 heteroatoms. The summed E-state index contributed by atoms with van der Waals surface area (Å²) in [6.07, 6.45) is 0. The topological polar surface area (TPSA) is 71.3 Å². The van der Waals surface area contributed by atoms with Crippen LogP contribution in [0.3, 0.4) is 0 Å². The van der Waals surface area contributed by atoms with Crippen LogP contribution in [-0.4, -0.2) is 4.92 Å². The second-order valence-corrected chi connectivity index (χ2v) is 2.85. The molecule has 1 aromatic carbocycles. The van der Waals surface area contributed by atoms with Gasteiger partial charge in [-0.2, -0.15) is 0 Å². The lowest BCUT2D eigenvalue weighted by molar-refractivity contribution is -0.385. The Morgan fingerprint density at radius 3 is 2.75 bits per heavy atom. The normalized spacial score (nSPS) is 9.00. The summed E-state index contributed by atoms with van der Waals surface area (Å²) in [6, 6.07) is 4.08. The molecule has 0 heterocycles. The summed E-state index contributed by atoms with van der Waals surface area (Å²) in [5, 5.41) is 18.7. The highest BCUT2D eigenvalue weighted by atomic mass is 79.9. The monoisotopic (exact) mass is 228 g/mol. The summed E-state index contributed by atoms with van der Waals surface area (Å²) in [6.45, 7) is 0. The number of halogens is 1. The van der Waals surface area contributed by atoms with E-state index in [4.69, 9.17) is 5.39 Å². The number of hydrogen-bond donors (Lipinski definition) is 0. The highest BCUT2D eigenvalue weighted by Gasteiger charge is 2.17. The Morgan fingerprint density at radius 1 is 1.58 bits per heavy atom. The molecule has 0 bridgehead atoms. The predicted octanol–water partition coefficient (Wildman–Crippen LogP) is 2.84. The standard InChI is InChI=1S/C6H3BrN3O2/c7-5-2-1-4(9-8)3-6(5)10(11)12/h1-3H/q+1. The van der Waals surface area contributed by atoms with Crippen LogP contribution in [0.5, 0.6) is 0 Å². The molecular weight excluding hydrogens is 226 g/mol. The first kappa shape index (κ1) is 8.62. The number of rotatable bonds is 1. The van der Waals surface area contributed by atoms with Crippen LogP contribution in [0.1, 0.15) is 0 Å². The Morgan fingerprint density at radius 2 is 2.25 bits per heavy atom. The van der Waals surface area contributed by atoms with E-state index in [1.54, 1.807) is 0 Å². The van der Waals surface area contributed by atoms with Crippen molar-refractivity contribution >= 4 is 27.3 Å². The second kappa shape index (κ2) is 3.28. The first-order valence-electron chi connectivity index (χ1n) is 2.94. The van der Waals surface area contributed by atoms with Gasteiger partial charge in [0.15, 0.2) is 4.98 Å². The van der Waals surface area contributed by atoms with Crippen LogP contribution in [0.2, 0.25) is 0 Å². The van der Waals surface area contributed by atoms with Crippen molar-refractivity contribution in [1.29, 1.82) is 5.39 Å². The van der Waals surface area contributed by atoms with E-state index in [1.807, 2.05) is 0 Å². The lowest BCUT2D eigenvalue weighted by Gasteiger charge is -1.89. The van der Waals surface area contributed by atoms with Crippen molar-refractivity contribution in [2.45, 2.75) is 0 Å². The fourth-order valence-corrected chi connectivity index (χ4v) is 1.09. The van der Waals surface area contributed by atoms with Crippen LogP contribution in [0.4, 0.5) is 11.4 Å². The number of diazo groups is 1. The second-order valence-electron chi connectivity index (χ2n) is 1.99. The third kappa shape index (κ3) is 1.57. The van der Waals surface area contributed by atoms with E-state index < -0.39 is 4.92 Å². The van der Waals surface area contributed by atoms with Crippen LogP contribution in [0, 0.1) is 15.5 Å². The molecule has 0 unspecified atom stereocenters. The summed E-state index contributed by atoms with van der Waals surface area (Å²) >= 11 is 3.00. The van der Waals surface area contributed by atoms with Crippen LogP contribution < -0.4 is 0 Å². The zero-order chi connectivity index (χ0) is 9.14. The first-order chi connectivity index (χ1) is 5.65. The molecule has 12 heavy (non-hydrogen) atoms. The number of nitro groups is 1. The molecule has 0 aliphatic rings. The van der Waals surface area contributed by atoms with Gasteiger partial charge in [0.2, 0.25) is 5.39 Å². The summed E-state index contributed by atoms with van der Waals surface area (Å²) in [5.41, 5.74) is 0.0372. The van der Waals surface area contributed by atoms with Gasteiger partial charge in [-0.1, -0.05) is 0 Å². The van der Waals surface area contributed by atoms with E-state index in [9.17, 15) is 10.1 Å². The minimum atomic E-state index is -0.557. The molecule has 0 aliphatic heterocycles. The third-order valence-electron chi connectivity index (χ3n) is 1.24. The largest absolute Gasteiger partial charge is 0.392 e. The van der Waals surface area contributed by atoms with Gasteiger partial charge in [-0.25, -0.2) is 0 Å². The average Bonchev–Trinajstić information content (AvgIpc) is 2.05. The van der Waals surface area contributed by atoms with Gasteiger partial charge in [0.1, 0.15) is 6.07 Å². The summed E-state index contributed by atoms with van der Waals surface area (Å²) in [5.74, 6) is 0. The van der Waals surface area contributed by atoms with Crippen LogP contribution in [-0.2, 0) is 0 Å². The molecule has 0 aromatic heterocycles. The van der Waals surface area contributed by atoms with Crippen LogP contribution in [0.25, 0.3) is 4.98 Å². The lowest BCUT2D eigenvalue weighted by Crippen LogP contribution is -1.87. The van der Waals surface area contributed by atoms with E-state index >= 15 is 0 Å². The molecule has 1 aromatic rings. The zero-order valence-electron chi connectivity index (χ0n) is 5.77. The minimum absolute atomic E-state index is 0.120. The molecule has 1 rings (SSSR count). The Kier molecular flexibility index (Phi) is 2.35. The fourth-order valence-electron chi connectivity index (χ4n) is 0.703. The molecule has 0 radical (unpaired) electrons. The van der Waals surface area contributed by atoms with Crippen molar-refractivity contribution in [3.63, 3.8) is 0 Å². The van der Waals surface area contributed by atoms with E-state index in [1.165, 1.54) is 18.2 Å². The molecule has 0 saturated heterocycles. The molecule has 60 valence electrons. The zero-order valence-corrected chi connectivity index (χ0v) is 7.35. The maximum Gasteiger partial charge on any atom is 0.392 e. The highest BCUT2D eigenvalue weighted by molar-refractivity contribution is 9.10. The van der Waals surface area contributed by atoms with Gasteiger partial charge < -0.3 is 0 Å². The minimum Gasteiger partial charge on any atom is -0.258 e. The predicted molar refractivity (Wildman–Crippen MR) is 45.5 cm³/mol. The van der Waals surface area contributed by atoms with Crippen molar-refractivity contribution in [3.05, 3.63) is 37.8 Å². The number of hydrogen-bond acceptors (Lipinski definition) is 3. The quantitative estimate of drug-likeness (QED) is 0.422. The van der Waals surface area contributed by atoms with E-state index in [0.29, 0.717) is 4.47 Å². The van der Waals surface area contributed by atoms with Gasteiger partial charge >= 0.3 is 5.69 Å². The SMILES string of the molecule is N#[N+]c1ccc(Br)c([N+](=O)[O-])c1. The molecule has 5 nitrogen and oxygen atoms in total. The van der Waals surface area contributed by atoms with Gasteiger partial charge in [0.25, 0.3) is 5.69 Å². The van der Waals surface area contributed by atoms with E-state index in [-0.39, 0.29) is 11.4 Å². The van der Waals surface area contributed by atoms with Gasteiger partial charge in [0.05, 0.1) is 9.40 Å². The Balaban J connectivity index is 3.28. The van der Waals surface area contributed by atoms with Crippen LogP contribution in [0.15, 0.2) is 22.7 Å². The molecule has 0 spiro atoms. The molecule has 0 atom stereocenters. The fraction of sp³-hybridized carbons (Fsp3) is 0. The van der Waals surface area contributed by atoms with Crippen molar-refractivity contribution < 1.29 is 4.92 Å². The summed E-state index contributed by atoms with van der Waals surface area (Å²) in [7, 11) is 0. The smallest absolute Gasteiger partial charge is 0.258 e. The van der Waals surface area contributed by atoms with Gasteiger partial charge in [-0.05, 0) is 22.0 Å². The highest BCUT2D eigenvalue weighted by Crippen LogP contribution is 2.28. The van der Waals surface area contributed by atoms with Crippen molar-refractivity contribution in [3.8, 4) is 0 Å². The molecule has 0 aliphatic carbocycles. The van der Waals surface area contributed by atoms with Crippen LogP contribution >= 0.6 is 15.9 Å². The lowest BCUT2D eigenvalue weighted by atomic mass is 10.3. The van der Waals surface area contributed by atoms with Gasteiger partial charge in [-0.15, -0.1) is 0 Å².